The number of nitrogens with zero attached hydrogens (tertiary/aromatic N) is 1. The molecule has 0 aliphatic heterocycles. The fraction of sp³-hybridized carbons (Fsp3) is 0.125. The van der Waals surface area contributed by atoms with Gasteiger partial charge in [0.25, 0.3) is 5.91 Å². The lowest BCUT2D eigenvalue weighted by atomic mass is 9.96. The van der Waals surface area contributed by atoms with E-state index in [1.165, 1.54) is 12.0 Å². The van der Waals surface area contributed by atoms with Gasteiger partial charge in [-0.15, -0.1) is 0 Å². The van der Waals surface area contributed by atoms with E-state index in [1.54, 1.807) is 36.4 Å². The highest BCUT2D eigenvalue weighted by Crippen LogP contribution is 2.25. The van der Waals surface area contributed by atoms with Crippen molar-refractivity contribution in [3.63, 3.8) is 0 Å². The Balaban J connectivity index is 1.69. The lowest BCUT2D eigenvalue weighted by Gasteiger charge is -2.25. The van der Waals surface area contributed by atoms with Crippen LogP contribution in [0.5, 0.6) is 17.2 Å². The van der Waals surface area contributed by atoms with Gasteiger partial charge in [0.1, 0.15) is 17.2 Å². The summed E-state index contributed by atoms with van der Waals surface area (Å²) >= 11 is 0. The van der Waals surface area contributed by atoms with Gasteiger partial charge in [-0.05, 0) is 60.0 Å². The maximum atomic E-state index is 13.9. The minimum atomic E-state index is -1.63. The highest BCUT2D eigenvalue weighted by atomic mass is 16.5. The number of rotatable bonds is 12. The second-order valence-electron chi connectivity index (χ2n) is 9.21. The van der Waals surface area contributed by atoms with E-state index in [0.29, 0.717) is 35.3 Å². The molecule has 0 radical (unpaired) electrons. The number of hydrogen-bond donors (Lipinski definition) is 3. The molecule has 4 aromatic rings. The Hall–Kier alpha value is -5.64. The molecule has 0 fully saturated rings. The number of benzene rings is 4. The van der Waals surface area contributed by atoms with Gasteiger partial charge in [0.15, 0.2) is 0 Å². The molecule has 0 aromatic heterocycles. The van der Waals surface area contributed by atoms with Gasteiger partial charge >= 0.3 is 17.9 Å². The number of aromatic carboxylic acids is 3. The summed E-state index contributed by atoms with van der Waals surface area (Å²) in [5.74, 6) is -3.74. The Morgan fingerprint density at radius 2 is 1.19 bits per heavy atom. The molecule has 4 rings (SSSR count). The van der Waals surface area contributed by atoms with Gasteiger partial charge in [0.2, 0.25) is 0 Å². The Kier molecular flexibility index (Phi) is 9.18. The Bertz CT molecular complexity index is 1620. The van der Waals surface area contributed by atoms with Crippen LogP contribution < -0.4 is 9.47 Å². The monoisotopic (exact) mass is 569 g/mol. The Morgan fingerprint density at radius 1 is 0.667 bits per heavy atom. The lowest BCUT2D eigenvalue weighted by Crippen LogP contribution is -2.34. The maximum absolute atomic E-state index is 13.9. The molecule has 1 amide bonds. The minimum Gasteiger partial charge on any atom is -0.496 e. The van der Waals surface area contributed by atoms with Crippen LogP contribution in [0.25, 0.3) is 0 Å². The second-order valence-corrected chi connectivity index (χ2v) is 9.21. The van der Waals surface area contributed by atoms with Crippen LogP contribution in [0.4, 0.5) is 0 Å². The maximum Gasteiger partial charge on any atom is 0.336 e. The van der Waals surface area contributed by atoms with Crippen LogP contribution in [0.15, 0.2) is 91.0 Å². The van der Waals surface area contributed by atoms with E-state index in [9.17, 15) is 34.5 Å². The van der Waals surface area contributed by atoms with Crippen molar-refractivity contribution in [3.05, 3.63) is 124 Å². The number of carbonyl (C=O) groups excluding carboxylic acids is 1. The zero-order valence-corrected chi connectivity index (χ0v) is 22.5. The third-order valence-electron chi connectivity index (χ3n) is 6.49. The van der Waals surface area contributed by atoms with Crippen LogP contribution in [-0.2, 0) is 13.0 Å². The molecule has 10 heteroatoms. The molecule has 42 heavy (non-hydrogen) atoms. The van der Waals surface area contributed by atoms with Gasteiger partial charge in [-0.2, -0.15) is 0 Å². The van der Waals surface area contributed by atoms with Gasteiger partial charge in [0, 0.05) is 13.1 Å². The van der Waals surface area contributed by atoms with Gasteiger partial charge in [-0.3, -0.25) is 4.79 Å². The van der Waals surface area contributed by atoms with Crippen LogP contribution in [0.3, 0.4) is 0 Å². The molecule has 0 spiro atoms. The largest absolute Gasteiger partial charge is 0.496 e. The third-order valence-corrected chi connectivity index (χ3v) is 6.49. The molecule has 0 aliphatic rings. The molecule has 3 N–H and O–H groups in total. The molecule has 0 heterocycles. The van der Waals surface area contributed by atoms with Crippen molar-refractivity contribution in [1.29, 1.82) is 0 Å². The minimum absolute atomic E-state index is 0.0434. The molecule has 0 saturated heterocycles. The van der Waals surface area contributed by atoms with Gasteiger partial charge in [0.05, 0.1) is 29.4 Å². The zero-order valence-electron chi connectivity index (χ0n) is 22.5. The van der Waals surface area contributed by atoms with Gasteiger partial charge in [-0.25, -0.2) is 14.4 Å². The second kappa shape index (κ2) is 13.1. The van der Waals surface area contributed by atoms with E-state index in [4.69, 9.17) is 9.47 Å². The number of carbonyl (C=O) groups is 4. The SMILES string of the molecule is COc1ccccc1CCN(Cc1ccc(Oc2ccccc2)cc1)C(=O)c1cc(C(=O)O)c(C(=O)O)cc1C(=O)O. The fourth-order valence-electron chi connectivity index (χ4n) is 4.40. The number of amides is 1. The topological polar surface area (TPSA) is 151 Å². The third kappa shape index (κ3) is 6.92. The van der Waals surface area contributed by atoms with Crippen molar-refractivity contribution >= 4 is 23.8 Å². The van der Waals surface area contributed by atoms with E-state index in [-0.39, 0.29) is 13.1 Å². The normalized spacial score (nSPS) is 10.5. The molecule has 0 unspecified atom stereocenters. The predicted molar refractivity (Wildman–Crippen MR) is 152 cm³/mol. The van der Waals surface area contributed by atoms with Crippen LogP contribution in [0, 0.1) is 0 Å². The highest BCUT2D eigenvalue weighted by Gasteiger charge is 2.28. The quantitative estimate of drug-likeness (QED) is 0.202. The first-order chi connectivity index (χ1) is 20.2. The first kappa shape index (κ1) is 29.3. The van der Waals surface area contributed by atoms with Crippen molar-refractivity contribution < 1.29 is 44.0 Å². The predicted octanol–water partition coefficient (Wildman–Crippen LogP) is 5.47. The molecular weight excluding hydrogens is 542 g/mol. The number of para-hydroxylation sites is 2. The molecule has 10 nitrogen and oxygen atoms in total. The Labute approximate surface area is 241 Å². The molecule has 0 atom stereocenters. The summed E-state index contributed by atoms with van der Waals surface area (Å²) in [7, 11) is 1.53. The molecular formula is C32H27NO9. The van der Waals surface area contributed by atoms with Crippen molar-refractivity contribution in [2.24, 2.45) is 0 Å². The fourth-order valence-corrected chi connectivity index (χ4v) is 4.40. The number of methoxy groups -OCH3 is 1. The number of ether oxygens (including phenoxy) is 2. The average Bonchev–Trinajstić information content (AvgIpc) is 2.99. The summed E-state index contributed by atoms with van der Waals surface area (Å²) in [6.07, 6.45) is 0.340. The molecule has 0 aliphatic carbocycles. The summed E-state index contributed by atoms with van der Waals surface area (Å²) in [5.41, 5.74) is -0.976. The van der Waals surface area contributed by atoms with E-state index in [2.05, 4.69) is 0 Å². The first-order valence-corrected chi connectivity index (χ1v) is 12.8. The molecule has 0 saturated carbocycles. The van der Waals surface area contributed by atoms with Crippen LogP contribution >= 0.6 is 0 Å². The van der Waals surface area contributed by atoms with Gasteiger partial charge < -0.3 is 29.7 Å². The van der Waals surface area contributed by atoms with Crippen molar-refractivity contribution in [2.75, 3.05) is 13.7 Å². The lowest BCUT2D eigenvalue weighted by molar-refractivity contribution is 0.0644. The van der Waals surface area contributed by atoms with Crippen LogP contribution in [0.2, 0.25) is 0 Å². The molecule has 214 valence electrons. The summed E-state index contributed by atoms with van der Waals surface area (Å²) in [5, 5.41) is 28.9. The van der Waals surface area contributed by atoms with E-state index < -0.39 is 46.1 Å². The number of carboxylic acids is 3. The van der Waals surface area contributed by atoms with Crippen molar-refractivity contribution in [3.8, 4) is 17.2 Å². The van der Waals surface area contributed by atoms with Gasteiger partial charge in [-0.1, -0.05) is 48.5 Å². The zero-order chi connectivity index (χ0) is 30.2. The Morgan fingerprint density at radius 3 is 1.79 bits per heavy atom. The summed E-state index contributed by atoms with van der Waals surface area (Å²) in [6, 6.07) is 24.9. The summed E-state index contributed by atoms with van der Waals surface area (Å²) in [6.45, 7) is 0.158. The smallest absolute Gasteiger partial charge is 0.336 e. The van der Waals surface area contributed by atoms with E-state index in [1.807, 2.05) is 42.5 Å². The van der Waals surface area contributed by atoms with Crippen molar-refractivity contribution in [1.82, 2.24) is 4.90 Å². The van der Waals surface area contributed by atoms with Crippen molar-refractivity contribution in [2.45, 2.75) is 13.0 Å². The van der Waals surface area contributed by atoms with E-state index in [0.717, 1.165) is 11.6 Å². The van der Waals surface area contributed by atoms with Crippen LogP contribution in [-0.4, -0.2) is 57.7 Å². The molecule has 4 aromatic carbocycles. The van der Waals surface area contributed by atoms with Crippen LogP contribution in [0.1, 0.15) is 52.6 Å². The highest BCUT2D eigenvalue weighted by molar-refractivity contribution is 6.10. The number of carboxylic acid groups (broad SMARTS) is 3. The standard InChI is InChI=1S/C32H27NO9/c1-41-28-10-6-5-7-21(28)15-16-33(19-20-11-13-23(14-12-20)42-22-8-3-2-4-9-22)29(34)24-17-26(31(37)38)27(32(39)40)18-25(24)30(35)36/h2-14,17-18H,15-16,19H2,1H3,(H,35,36)(H,37,38)(H,39,40). The van der Waals surface area contributed by atoms with E-state index >= 15 is 0 Å². The summed E-state index contributed by atoms with van der Waals surface area (Å²) in [4.78, 5) is 50.8. The average molecular weight is 570 g/mol. The first-order valence-electron chi connectivity index (χ1n) is 12.8. The molecule has 0 bridgehead atoms. The number of hydrogen-bond acceptors (Lipinski definition) is 6. The summed E-state index contributed by atoms with van der Waals surface area (Å²) < 4.78 is 11.2.